The summed E-state index contributed by atoms with van der Waals surface area (Å²) in [6.07, 6.45) is -5.34. The summed E-state index contributed by atoms with van der Waals surface area (Å²) in [5.41, 5.74) is 0.180. The highest BCUT2D eigenvalue weighted by molar-refractivity contribution is 6.31. The second-order valence-corrected chi connectivity index (χ2v) is 3.85. The lowest BCUT2D eigenvalue weighted by molar-refractivity contribution is -0.139. The minimum absolute atomic E-state index is 0.117. The van der Waals surface area contributed by atoms with E-state index in [4.69, 9.17) is 16.3 Å². The lowest BCUT2D eigenvalue weighted by Gasteiger charge is -2.11. The van der Waals surface area contributed by atoms with E-state index in [-0.39, 0.29) is 17.1 Å². The summed E-state index contributed by atoms with van der Waals surface area (Å²) in [6, 6.07) is 4.21. The Labute approximate surface area is 101 Å². The molecule has 1 aromatic carbocycles. The van der Waals surface area contributed by atoms with Crippen molar-refractivity contribution in [3.05, 3.63) is 28.8 Å². The number of halogens is 4. The van der Waals surface area contributed by atoms with Crippen molar-refractivity contribution in [2.24, 2.45) is 0 Å². The van der Waals surface area contributed by atoms with E-state index in [0.29, 0.717) is 5.02 Å². The molecule has 0 unspecified atom stereocenters. The molecule has 0 aliphatic carbocycles. The zero-order chi connectivity index (χ0) is 13.1. The molecule has 0 fully saturated rings. The molecule has 6 heteroatoms. The maximum absolute atomic E-state index is 11.9. The normalized spacial score (nSPS) is 11.4. The monoisotopic (exact) mass is 266 g/mol. The van der Waals surface area contributed by atoms with Gasteiger partial charge in [-0.2, -0.15) is 13.2 Å². The number of carbonyl (C=O) groups excluding carboxylic acids is 1. The topological polar surface area (TPSA) is 26.3 Å². The fourth-order valence-corrected chi connectivity index (χ4v) is 1.35. The second kappa shape index (κ2) is 5.40. The Balaban J connectivity index is 2.74. The van der Waals surface area contributed by atoms with Crippen molar-refractivity contribution in [2.75, 3.05) is 6.61 Å². The number of benzene rings is 1. The summed E-state index contributed by atoms with van der Waals surface area (Å²) in [5.74, 6) is -0.194. The fourth-order valence-electron chi connectivity index (χ4n) is 1.18. The molecule has 17 heavy (non-hydrogen) atoms. The van der Waals surface area contributed by atoms with Crippen LogP contribution in [0, 0.1) is 0 Å². The van der Waals surface area contributed by atoms with Gasteiger partial charge in [0.25, 0.3) is 0 Å². The average Bonchev–Trinajstić information content (AvgIpc) is 2.18. The van der Waals surface area contributed by atoms with Crippen LogP contribution >= 0.6 is 11.6 Å². The molecule has 0 N–H and O–H groups in total. The van der Waals surface area contributed by atoms with Crippen LogP contribution in [0.15, 0.2) is 18.2 Å². The van der Waals surface area contributed by atoms with Crippen molar-refractivity contribution in [1.82, 2.24) is 0 Å². The van der Waals surface area contributed by atoms with Gasteiger partial charge in [-0.15, -0.1) is 0 Å². The van der Waals surface area contributed by atoms with Gasteiger partial charge in [0.15, 0.2) is 5.78 Å². The van der Waals surface area contributed by atoms with Crippen LogP contribution in [0.1, 0.15) is 23.7 Å². The maximum Gasteiger partial charge on any atom is 0.392 e. The van der Waals surface area contributed by atoms with Gasteiger partial charge in [0.2, 0.25) is 0 Å². The van der Waals surface area contributed by atoms with E-state index < -0.39 is 19.2 Å². The van der Waals surface area contributed by atoms with Gasteiger partial charge in [-0.1, -0.05) is 11.6 Å². The van der Waals surface area contributed by atoms with Crippen LogP contribution in [-0.4, -0.2) is 18.6 Å². The lowest BCUT2D eigenvalue weighted by Crippen LogP contribution is -2.13. The van der Waals surface area contributed by atoms with Crippen LogP contribution in [0.2, 0.25) is 5.02 Å². The van der Waals surface area contributed by atoms with Crippen molar-refractivity contribution in [1.29, 1.82) is 0 Å². The molecular formula is C11H10ClF3O2. The molecule has 0 saturated heterocycles. The predicted molar refractivity (Wildman–Crippen MR) is 57.6 cm³/mol. The van der Waals surface area contributed by atoms with Crippen molar-refractivity contribution in [3.8, 4) is 5.75 Å². The Hall–Kier alpha value is -1.23. The summed E-state index contributed by atoms with van der Waals surface area (Å²) < 4.78 is 40.7. The Bertz CT molecular complexity index is 416. The number of ketones is 1. The third-order valence-corrected chi connectivity index (χ3v) is 2.20. The first kappa shape index (κ1) is 13.8. The van der Waals surface area contributed by atoms with Crippen LogP contribution in [0.3, 0.4) is 0 Å². The molecule has 0 spiro atoms. The van der Waals surface area contributed by atoms with Crippen LogP contribution < -0.4 is 4.74 Å². The van der Waals surface area contributed by atoms with Crippen molar-refractivity contribution in [3.63, 3.8) is 0 Å². The van der Waals surface area contributed by atoms with Gasteiger partial charge in [0.1, 0.15) is 5.75 Å². The van der Waals surface area contributed by atoms with Crippen LogP contribution in [-0.2, 0) is 0 Å². The highest BCUT2D eigenvalue weighted by Crippen LogP contribution is 2.25. The number of rotatable bonds is 4. The van der Waals surface area contributed by atoms with E-state index in [9.17, 15) is 18.0 Å². The third kappa shape index (κ3) is 4.65. The molecule has 0 saturated carbocycles. The predicted octanol–water partition coefficient (Wildman–Crippen LogP) is 3.87. The standard InChI is InChI=1S/C11H10ClF3O2/c1-7(16)9-6-8(12)2-3-10(9)17-5-4-11(13,14)15/h2-3,6H,4-5H2,1H3. The number of alkyl halides is 3. The van der Waals surface area contributed by atoms with Crippen molar-refractivity contribution >= 4 is 17.4 Å². The van der Waals surface area contributed by atoms with Crippen molar-refractivity contribution in [2.45, 2.75) is 19.5 Å². The van der Waals surface area contributed by atoms with E-state index in [1.165, 1.54) is 25.1 Å². The zero-order valence-electron chi connectivity index (χ0n) is 8.97. The Morgan fingerprint density at radius 1 is 1.41 bits per heavy atom. The Morgan fingerprint density at radius 2 is 2.06 bits per heavy atom. The number of Topliss-reactive ketones (excluding diaryl/α,β-unsaturated/α-hetero) is 1. The highest BCUT2D eigenvalue weighted by Gasteiger charge is 2.27. The van der Waals surface area contributed by atoms with Crippen LogP contribution in [0.25, 0.3) is 0 Å². The number of hydrogen-bond acceptors (Lipinski definition) is 2. The fraction of sp³-hybridized carbons (Fsp3) is 0.364. The van der Waals surface area contributed by atoms with Gasteiger partial charge in [0, 0.05) is 5.02 Å². The summed E-state index contributed by atoms with van der Waals surface area (Å²) in [4.78, 5) is 11.2. The lowest BCUT2D eigenvalue weighted by atomic mass is 10.1. The molecule has 0 aliphatic rings. The molecular weight excluding hydrogens is 257 g/mol. The minimum atomic E-state index is -4.27. The Kier molecular flexibility index (Phi) is 4.40. The third-order valence-electron chi connectivity index (χ3n) is 1.96. The Morgan fingerprint density at radius 3 is 2.59 bits per heavy atom. The van der Waals surface area contributed by atoms with Crippen LogP contribution in [0.4, 0.5) is 13.2 Å². The van der Waals surface area contributed by atoms with Gasteiger partial charge < -0.3 is 4.74 Å². The molecule has 0 amide bonds. The first-order valence-electron chi connectivity index (χ1n) is 4.79. The average molecular weight is 267 g/mol. The number of ether oxygens (including phenoxy) is 1. The summed E-state index contributed by atoms with van der Waals surface area (Å²) in [5, 5.41) is 0.332. The SMILES string of the molecule is CC(=O)c1cc(Cl)ccc1OCCC(F)(F)F. The van der Waals surface area contributed by atoms with Gasteiger partial charge in [-0.25, -0.2) is 0 Å². The molecule has 2 nitrogen and oxygen atoms in total. The minimum Gasteiger partial charge on any atom is -0.492 e. The van der Waals surface area contributed by atoms with E-state index in [1.807, 2.05) is 0 Å². The summed E-state index contributed by atoms with van der Waals surface area (Å²) in [6.45, 7) is 0.772. The quantitative estimate of drug-likeness (QED) is 0.773. The largest absolute Gasteiger partial charge is 0.492 e. The molecule has 1 rings (SSSR count). The molecule has 0 radical (unpaired) electrons. The van der Waals surface area contributed by atoms with Gasteiger partial charge in [-0.05, 0) is 25.1 Å². The number of carbonyl (C=O) groups is 1. The van der Waals surface area contributed by atoms with E-state index in [2.05, 4.69) is 0 Å². The summed E-state index contributed by atoms with van der Waals surface area (Å²) >= 11 is 5.68. The molecule has 0 aliphatic heterocycles. The van der Waals surface area contributed by atoms with Gasteiger partial charge >= 0.3 is 6.18 Å². The first-order valence-corrected chi connectivity index (χ1v) is 5.17. The molecule has 0 aromatic heterocycles. The molecule has 1 aromatic rings. The van der Waals surface area contributed by atoms with Gasteiger partial charge in [-0.3, -0.25) is 4.79 Å². The van der Waals surface area contributed by atoms with E-state index >= 15 is 0 Å². The van der Waals surface area contributed by atoms with E-state index in [0.717, 1.165) is 0 Å². The summed E-state index contributed by atoms with van der Waals surface area (Å²) in [7, 11) is 0. The number of hydrogen-bond donors (Lipinski definition) is 0. The molecule has 0 bridgehead atoms. The molecule has 94 valence electrons. The van der Waals surface area contributed by atoms with Gasteiger partial charge in [0.05, 0.1) is 18.6 Å². The molecule has 0 heterocycles. The second-order valence-electron chi connectivity index (χ2n) is 3.41. The van der Waals surface area contributed by atoms with Crippen LogP contribution in [0.5, 0.6) is 5.75 Å². The van der Waals surface area contributed by atoms with Crippen molar-refractivity contribution < 1.29 is 22.7 Å². The maximum atomic E-state index is 11.9. The molecule has 0 atom stereocenters. The first-order chi connectivity index (χ1) is 7.79. The smallest absolute Gasteiger partial charge is 0.392 e. The zero-order valence-corrected chi connectivity index (χ0v) is 9.73. The van der Waals surface area contributed by atoms with E-state index in [1.54, 1.807) is 0 Å². The highest BCUT2D eigenvalue weighted by atomic mass is 35.5.